The average molecular weight is 450 g/mol. The Labute approximate surface area is 187 Å². The number of benzene rings is 2. The number of H-pyrrole nitrogens is 1. The number of amides is 2. The molecule has 8 nitrogen and oxygen atoms in total. The number of piperidine rings is 1. The molecule has 2 aromatic heterocycles. The van der Waals surface area contributed by atoms with E-state index in [4.69, 9.17) is 16.7 Å². The van der Waals surface area contributed by atoms with Crippen LogP contribution in [-0.4, -0.2) is 44.9 Å². The van der Waals surface area contributed by atoms with Crippen molar-refractivity contribution in [1.29, 1.82) is 0 Å². The molecule has 3 heterocycles. The smallest absolute Gasteiger partial charge is 0.255 e. The highest BCUT2D eigenvalue weighted by Gasteiger charge is 2.24. The maximum Gasteiger partial charge on any atom is 0.255 e. The van der Waals surface area contributed by atoms with E-state index >= 15 is 0 Å². The largest absolute Gasteiger partial charge is 0.345 e. The number of carbonyl (C=O) groups is 2. The molecule has 32 heavy (non-hydrogen) atoms. The summed E-state index contributed by atoms with van der Waals surface area (Å²) < 4.78 is 1.76. The van der Waals surface area contributed by atoms with Gasteiger partial charge in [0.15, 0.2) is 0 Å². The highest BCUT2D eigenvalue weighted by molar-refractivity contribution is 6.30. The zero-order valence-corrected chi connectivity index (χ0v) is 17.8. The van der Waals surface area contributed by atoms with Gasteiger partial charge in [0.25, 0.3) is 11.5 Å². The van der Waals surface area contributed by atoms with Gasteiger partial charge in [0.2, 0.25) is 6.41 Å². The van der Waals surface area contributed by atoms with E-state index in [9.17, 15) is 14.4 Å². The molecular formula is C23H20ClN5O3. The van der Waals surface area contributed by atoms with Crippen molar-refractivity contribution in [3.63, 3.8) is 0 Å². The van der Waals surface area contributed by atoms with Crippen LogP contribution in [0.15, 0.2) is 53.3 Å². The van der Waals surface area contributed by atoms with Crippen LogP contribution in [0, 0.1) is 0 Å². The highest BCUT2D eigenvalue weighted by Crippen LogP contribution is 2.31. The van der Waals surface area contributed by atoms with E-state index in [1.54, 1.807) is 45.8 Å². The van der Waals surface area contributed by atoms with Gasteiger partial charge in [-0.2, -0.15) is 5.10 Å². The zero-order valence-electron chi connectivity index (χ0n) is 17.0. The van der Waals surface area contributed by atoms with Crippen molar-refractivity contribution in [2.24, 2.45) is 0 Å². The predicted octanol–water partition coefficient (Wildman–Crippen LogP) is 3.42. The second kappa shape index (κ2) is 8.12. The van der Waals surface area contributed by atoms with E-state index < -0.39 is 0 Å². The third-order valence-electron chi connectivity index (χ3n) is 5.92. The third-order valence-corrected chi connectivity index (χ3v) is 6.17. The molecule has 0 radical (unpaired) electrons. The lowest BCUT2D eigenvalue weighted by molar-refractivity contribution is -0.119. The lowest BCUT2D eigenvalue weighted by atomic mass is 9.93. The summed E-state index contributed by atoms with van der Waals surface area (Å²) in [5.41, 5.74) is 2.80. The minimum absolute atomic E-state index is 0.109. The van der Waals surface area contributed by atoms with Crippen LogP contribution in [0.25, 0.3) is 16.6 Å². The fourth-order valence-electron chi connectivity index (χ4n) is 4.28. The molecule has 1 aliphatic heterocycles. The SMILES string of the molecule is O=CN1CCC(c2cc(=O)[nH]c3c4c(NC(=O)c5ccc(Cl)cc5)cccc4nn23)CC1. The van der Waals surface area contributed by atoms with Gasteiger partial charge in [0, 0.05) is 35.7 Å². The number of anilines is 1. The summed E-state index contributed by atoms with van der Waals surface area (Å²) in [6.07, 6.45) is 2.38. The molecule has 2 amide bonds. The Bertz CT molecular complexity index is 1380. The molecular weight excluding hydrogens is 430 g/mol. The van der Waals surface area contributed by atoms with E-state index in [1.807, 2.05) is 12.1 Å². The lowest BCUT2D eigenvalue weighted by Gasteiger charge is -2.29. The standard InChI is InChI=1S/C23H20ClN5O3/c24-16-6-4-15(5-7-16)23(32)25-17-2-1-3-18-21(17)22-26-20(31)12-19(29(22)27-18)14-8-10-28(13-30)11-9-14/h1-7,12-14H,8-11H2,(H,25,32)(H,26,31). The lowest BCUT2D eigenvalue weighted by Crippen LogP contribution is -2.32. The predicted molar refractivity (Wildman–Crippen MR) is 122 cm³/mol. The summed E-state index contributed by atoms with van der Waals surface area (Å²) in [5.74, 6) is -0.175. The molecule has 2 aromatic carbocycles. The summed E-state index contributed by atoms with van der Waals surface area (Å²) in [6, 6.07) is 13.6. The monoisotopic (exact) mass is 449 g/mol. The first-order valence-electron chi connectivity index (χ1n) is 10.3. The molecule has 4 aromatic rings. The van der Waals surface area contributed by atoms with Crippen molar-refractivity contribution in [1.82, 2.24) is 19.5 Å². The normalized spacial score (nSPS) is 14.7. The molecule has 0 aliphatic carbocycles. The van der Waals surface area contributed by atoms with Gasteiger partial charge in [-0.25, -0.2) is 4.52 Å². The summed E-state index contributed by atoms with van der Waals surface area (Å²) >= 11 is 5.92. The maximum atomic E-state index is 12.8. The molecule has 2 N–H and O–H groups in total. The first kappa shape index (κ1) is 20.3. The van der Waals surface area contributed by atoms with E-state index in [2.05, 4.69) is 10.3 Å². The molecule has 0 bridgehead atoms. The molecule has 9 heteroatoms. The fourth-order valence-corrected chi connectivity index (χ4v) is 4.40. The van der Waals surface area contributed by atoms with Gasteiger partial charge in [-0.3, -0.25) is 14.4 Å². The van der Waals surface area contributed by atoms with Crippen LogP contribution in [0.5, 0.6) is 0 Å². The van der Waals surface area contributed by atoms with Crippen molar-refractivity contribution >= 4 is 46.2 Å². The van der Waals surface area contributed by atoms with E-state index in [1.165, 1.54) is 0 Å². The summed E-state index contributed by atoms with van der Waals surface area (Å²) in [4.78, 5) is 41.0. The van der Waals surface area contributed by atoms with E-state index in [0.717, 1.165) is 24.9 Å². The number of aromatic nitrogens is 3. The molecule has 1 fully saturated rings. The molecule has 0 atom stereocenters. The van der Waals surface area contributed by atoms with Crippen molar-refractivity contribution < 1.29 is 9.59 Å². The minimum Gasteiger partial charge on any atom is -0.345 e. The molecule has 162 valence electrons. The first-order chi connectivity index (χ1) is 15.5. The second-order valence-electron chi connectivity index (χ2n) is 7.90. The van der Waals surface area contributed by atoms with Crippen LogP contribution in [0.1, 0.15) is 34.8 Å². The van der Waals surface area contributed by atoms with Crippen LogP contribution in [0.3, 0.4) is 0 Å². The Morgan fingerprint density at radius 3 is 2.62 bits per heavy atom. The summed E-state index contributed by atoms with van der Waals surface area (Å²) in [5, 5.41) is 8.86. The van der Waals surface area contributed by atoms with Crippen molar-refractivity contribution in [2.45, 2.75) is 18.8 Å². The topological polar surface area (TPSA) is 99.6 Å². The Balaban J connectivity index is 1.58. The number of likely N-dealkylation sites (tertiary alicyclic amines) is 1. The van der Waals surface area contributed by atoms with Crippen LogP contribution < -0.4 is 10.9 Å². The van der Waals surface area contributed by atoms with E-state index in [-0.39, 0.29) is 17.4 Å². The molecule has 0 spiro atoms. The second-order valence-corrected chi connectivity index (χ2v) is 8.33. The van der Waals surface area contributed by atoms with Gasteiger partial charge < -0.3 is 15.2 Å². The average Bonchev–Trinajstić information content (AvgIpc) is 3.18. The van der Waals surface area contributed by atoms with Crippen molar-refractivity contribution in [3.05, 3.63) is 75.2 Å². The Morgan fingerprint density at radius 2 is 1.91 bits per heavy atom. The number of nitrogens with one attached hydrogen (secondary N) is 2. The zero-order chi connectivity index (χ0) is 22.2. The molecule has 0 unspecified atom stereocenters. The summed E-state index contributed by atoms with van der Waals surface area (Å²) in [7, 11) is 0. The number of rotatable bonds is 4. The van der Waals surface area contributed by atoms with Gasteiger partial charge in [0.05, 0.1) is 22.3 Å². The molecule has 0 saturated carbocycles. The van der Waals surface area contributed by atoms with Gasteiger partial charge in [-0.05, 0) is 49.2 Å². The fraction of sp³-hybridized carbons (Fsp3) is 0.217. The Hall–Kier alpha value is -3.65. The number of hydrogen-bond acceptors (Lipinski definition) is 4. The summed E-state index contributed by atoms with van der Waals surface area (Å²) in [6.45, 7) is 1.29. The van der Waals surface area contributed by atoms with Crippen molar-refractivity contribution in [2.75, 3.05) is 18.4 Å². The van der Waals surface area contributed by atoms with Crippen LogP contribution in [0.2, 0.25) is 5.02 Å². The Kier molecular flexibility index (Phi) is 5.14. The van der Waals surface area contributed by atoms with E-state index in [0.29, 0.717) is 45.9 Å². The third kappa shape index (κ3) is 3.62. The maximum absolute atomic E-state index is 12.8. The van der Waals surface area contributed by atoms with Gasteiger partial charge in [0.1, 0.15) is 5.65 Å². The van der Waals surface area contributed by atoms with Crippen LogP contribution in [-0.2, 0) is 4.79 Å². The number of hydrogen-bond donors (Lipinski definition) is 2. The number of halogens is 1. The van der Waals surface area contributed by atoms with Crippen LogP contribution in [0.4, 0.5) is 5.69 Å². The highest BCUT2D eigenvalue weighted by atomic mass is 35.5. The Morgan fingerprint density at radius 1 is 1.16 bits per heavy atom. The van der Waals surface area contributed by atoms with Gasteiger partial charge in [-0.1, -0.05) is 17.7 Å². The van der Waals surface area contributed by atoms with Gasteiger partial charge >= 0.3 is 0 Å². The molecule has 1 aliphatic rings. The van der Waals surface area contributed by atoms with Crippen molar-refractivity contribution in [3.8, 4) is 0 Å². The first-order valence-corrected chi connectivity index (χ1v) is 10.7. The quantitative estimate of drug-likeness (QED) is 0.466. The number of fused-ring (bicyclic) bond motifs is 3. The van der Waals surface area contributed by atoms with Crippen LogP contribution >= 0.6 is 11.6 Å². The number of carbonyl (C=O) groups excluding carboxylic acids is 2. The number of aromatic amines is 1. The van der Waals surface area contributed by atoms with Gasteiger partial charge in [-0.15, -0.1) is 0 Å². The molecule has 5 rings (SSSR count). The molecule has 1 saturated heterocycles. The minimum atomic E-state index is -0.284. The number of nitrogens with zero attached hydrogens (tertiary/aromatic N) is 3.